The molecule has 0 bridgehead atoms. The Kier molecular flexibility index (Phi) is 2.85. The van der Waals surface area contributed by atoms with Gasteiger partial charge in [-0.05, 0) is 45.1 Å². The molecule has 1 fully saturated rings. The van der Waals surface area contributed by atoms with Crippen LogP contribution in [0.15, 0.2) is 18.2 Å². The summed E-state index contributed by atoms with van der Waals surface area (Å²) in [6.07, 6.45) is 3.12. The Balaban J connectivity index is 2.33. The standard InChI is InChI=1S/C14H18O2/c1-10-5-6-12(11(2)9-10)13(15)14(16)7-3-4-8-14/h5-6,9,16H,3-4,7-8H2,1-2H3. The molecular formula is C14H18O2. The second kappa shape index (κ2) is 4.02. The molecule has 1 saturated carbocycles. The van der Waals surface area contributed by atoms with Gasteiger partial charge < -0.3 is 5.11 Å². The van der Waals surface area contributed by atoms with Gasteiger partial charge in [0.15, 0.2) is 5.78 Å². The molecule has 0 saturated heterocycles. The van der Waals surface area contributed by atoms with Crippen LogP contribution in [-0.4, -0.2) is 16.5 Å². The Bertz CT molecular complexity index is 415. The minimum atomic E-state index is -1.10. The maximum Gasteiger partial charge on any atom is 0.194 e. The Labute approximate surface area is 96.3 Å². The first-order valence-electron chi connectivity index (χ1n) is 5.87. The van der Waals surface area contributed by atoms with Crippen LogP contribution in [0.2, 0.25) is 0 Å². The summed E-state index contributed by atoms with van der Waals surface area (Å²) >= 11 is 0. The molecule has 86 valence electrons. The molecule has 0 atom stereocenters. The van der Waals surface area contributed by atoms with E-state index in [-0.39, 0.29) is 5.78 Å². The van der Waals surface area contributed by atoms with Crippen LogP contribution in [0, 0.1) is 13.8 Å². The minimum absolute atomic E-state index is 0.0949. The Morgan fingerprint density at radius 2 is 1.88 bits per heavy atom. The summed E-state index contributed by atoms with van der Waals surface area (Å²) in [6.45, 7) is 3.93. The van der Waals surface area contributed by atoms with E-state index in [1.165, 1.54) is 0 Å². The van der Waals surface area contributed by atoms with Gasteiger partial charge in [-0.15, -0.1) is 0 Å². The van der Waals surface area contributed by atoms with Crippen LogP contribution in [0.4, 0.5) is 0 Å². The van der Waals surface area contributed by atoms with Crippen molar-refractivity contribution < 1.29 is 9.90 Å². The second-order valence-electron chi connectivity index (χ2n) is 4.89. The average molecular weight is 218 g/mol. The van der Waals surface area contributed by atoms with Gasteiger partial charge in [0.2, 0.25) is 0 Å². The van der Waals surface area contributed by atoms with Gasteiger partial charge in [-0.1, -0.05) is 23.8 Å². The van der Waals surface area contributed by atoms with E-state index >= 15 is 0 Å². The van der Waals surface area contributed by atoms with E-state index in [0.29, 0.717) is 18.4 Å². The third kappa shape index (κ3) is 1.90. The lowest BCUT2D eigenvalue weighted by Gasteiger charge is -2.21. The summed E-state index contributed by atoms with van der Waals surface area (Å²) in [5.41, 5.74) is 1.69. The van der Waals surface area contributed by atoms with Crippen LogP contribution in [0.5, 0.6) is 0 Å². The fourth-order valence-corrected chi connectivity index (χ4v) is 2.51. The molecular weight excluding hydrogens is 200 g/mol. The van der Waals surface area contributed by atoms with Crippen molar-refractivity contribution in [3.63, 3.8) is 0 Å². The van der Waals surface area contributed by atoms with Gasteiger partial charge in [0.1, 0.15) is 5.60 Å². The number of aryl methyl sites for hydroxylation is 2. The van der Waals surface area contributed by atoms with Crippen LogP contribution in [0.3, 0.4) is 0 Å². The molecule has 1 N–H and O–H groups in total. The number of hydrogen-bond donors (Lipinski definition) is 1. The van der Waals surface area contributed by atoms with E-state index in [4.69, 9.17) is 0 Å². The summed E-state index contributed by atoms with van der Waals surface area (Å²) in [5, 5.41) is 10.3. The van der Waals surface area contributed by atoms with Gasteiger partial charge in [-0.2, -0.15) is 0 Å². The van der Waals surface area contributed by atoms with Gasteiger partial charge in [-0.3, -0.25) is 4.79 Å². The van der Waals surface area contributed by atoms with Crippen molar-refractivity contribution in [1.82, 2.24) is 0 Å². The van der Waals surface area contributed by atoms with E-state index in [9.17, 15) is 9.90 Å². The third-order valence-electron chi connectivity index (χ3n) is 3.48. The van der Waals surface area contributed by atoms with Crippen LogP contribution in [0.1, 0.15) is 47.2 Å². The number of hydrogen-bond acceptors (Lipinski definition) is 2. The SMILES string of the molecule is Cc1ccc(C(=O)C2(O)CCCC2)c(C)c1. The third-order valence-corrected chi connectivity index (χ3v) is 3.48. The van der Waals surface area contributed by atoms with E-state index < -0.39 is 5.60 Å². The van der Waals surface area contributed by atoms with Gasteiger partial charge in [0.05, 0.1) is 0 Å². The summed E-state index contributed by atoms with van der Waals surface area (Å²) in [6, 6.07) is 5.76. The first kappa shape index (κ1) is 11.3. The highest BCUT2D eigenvalue weighted by molar-refractivity contribution is 6.03. The fourth-order valence-electron chi connectivity index (χ4n) is 2.51. The molecule has 2 nitrogen and oxygen atoms in total. The molecule has 0 spiro atoms. The molecule has 0 radical (unpaired) electrons. The van der Waals surface area contributed by atoms with E-state index in [1.54, 1.807) is 0 Å². The van der Waals surface area contributed by atoms with Gasteiger partial charge in [0.25, 0.3) is 0 Å². The molecule has 0 heterocycles. The highest BCUT2D eigenvalue weighted by atomic mass is 16.3. The molecule has 16 heavy (non-hydrogen) atoms. The maximum absolute atomic E-state index is 12.3. The molecule has 1 aromatic carbocycles. The van der Waals surface area contributed by atoms with Crippen molar-refractivity contribution in [3.8, 4) is 0 Å². The minimum Gasteiger partial charge on any atom is -0.382 e. The van der Waals surface area contributed by atoms with E-state index in [2.05, 4.69) is 0 Å². The molecule has 0 aromatic heterocycles. The van der Waals surface area contributed by atoms with Crippen LogP contribution < -0.4 is 0 Å². The van der Waals surface area contributed by atoms with E-state index in [0.717, 1.165) is 24.0 Å². The fraction of sp³-hybridized carbons (Fsp3) is 0.500. The lowest BCUT2D eigenvalue weighted by atomic mass is 9.89. The second-order valence-corrected chi connectivity index (χ2v) is 4.89. The Hall–Kier alpha value is -1.15. The van der Waals surface area contributed by atoms with Crippen molar-refractivity contribution >= 4 is 5.78 Å². The number of ketones is 1. The van der Waals surface area contributed by atoms with Gasteiger partial charge in [0, 0.05) is 5.56 Å². The topological polar surface area (TPSA) is 37.3 Å². The lowest BCUT2D eigenvalue weighted by molar-refractivity contribution is 0.0352. The molecule has 1 aromatic rings. The quantitative estimate of drug-likeness (QED) is 0.775. The van der Waals surface area contributed by atoms with Crippen molar-refractivity contribution in [1.29, 1.82) is 0 Å². The predicted molar refractivity (Wildman–Crippen MR) is 63.7 cm³/mol. The summed E-state index contributed by atoms with van der Waals surface area (Å²) in [5.74, 6) is -0.0949. The summed E-state index contributed by atoms with van der Waals surface area (Å²) in [7, 11) is 0. The first-order valence-corrected chi connectivity index (χ1v) is 5.87. The number of carbonyl (C=O) groups is 1. The smallest absolute Gasteiger partial charge is 0.194 e. The Morgan fingerprint density at radius 3 is 2.44 bits per heavy atom. The maximum atomic E-state index is 12.3. The number of rotatable bonds is 2. The first-order chi connectivity index (χ1) is 7.53. The number of benzene rings is 1. The zero-order valence-electron chi connectivity index (χ0n) is 9.92. The highest BCUT2D eigenvalue weighted by Crippen LogP contribution is 2.33. The molecule has 1 aliphatic rings. The molecule has 0 unspecified atom stereocenters. The van der Waals surface area contributed by atoms with Gasteiger partial charge >= 0.3 is 0 Å². The van der Waals surface area contributed by atoms with Crippen LogP contribution in [-0.2, 0) is 0 Å². The van der Waals surface area contributed by atoms with Gasteiger partial charge in [-0.25, -0.2) is 0 Å². The lowest BCUT2D eigenvalue weighted by Crippen LogP contribution is -2.35. The molecule has 1 aliphatic carbocycles. The van der Waals surface area contributed by atoms with Crippen molar-refractivity contribution in [3.05, 3.63) is 34.9 Å². The van der Waals surface area contributed by atoms with Crippen LogP contribution in [0.25, 0.3) is 0 Å². The van der Waals surface area contributed by atoms with Crippen molar-refractivity contribution in [2.75, 3.05) is 0 Å². The normalized spacial score (nSPS) is 18.7. The van der Waals surface area contributed by atoms with Crippen LogP contribution >= 0.6 is 0 Å². The average Bonchev–Trinajstić information content (AvgIpc) is 2.66. The largest absolute Gasteiger partial charge is 0.382 e. The number of aliphatic hydroxyl groups is 1. The summed E-state index contributed by atoms with van der Waals surface area (Å²) in [4.78, 5) is 12.3. The molecule has 2 heteroatoms. The zero-order chi connectivity index (χ0) is 11.8. The zero-order valence-corrected chi connectivity index (χ0v) is 9.92. The monoisotopic (exact) mass is 218 g/mol. The predicted octanol–water partition coefficient (Wildman–Crippen LogP) is 2.79. The molecule has 0 amide bonds. The van der Waals surface area contributed by atoms with E-state index in [1.807, 2.05) is 32.0 Å². The van der Waals surface area contributed by atoms with Crippen molar-refractivity contribution in [2.24, 2.45) is 0 Å². The Morgan fingerprint density at radius 1 is 1.25 bits per heavy atom. The molecule has 0 aliphatic heterocycles. The highest BCUT2D eigenvalue weighted by Gasteiger charge is 2.39. The molecule has 2 rings (SSSR count). The number of carbonyl (C=O) groups excluding carboxylic acids is 1. The van der Waals surface area contributed by atoms with Crippen molar-refractivity contribution in [2.45, 2.75) is 45.1 Å². The number of Topliss-reactive ketones (excluding diaryl/α,β-unsaturated/α-hetero) is 1. The summed E-state index contributed by atoms with van der Waals surface area (Å²) < 4.78 is 0.